The summed E-state index contributed by atoms with van der Waals surface area (Å²) in [6.07, 6.45) is -0.934. The van der Waals surface area contributed by atoms with Gasteiger partial charge in [-0.15, -0.1) is 0 Å². The first-order valence-corrected chi connectivity index (χ1v) is 7.39. The molecule has 0 spiro atoms. The van der Waals surface area contributed by atoms with Crippen LogP contribution in [0.1, 0.15) is 12.5 Å². The van der Waals surface area contributed by atoms with E-state index in [0.29, 0.717) is 18.0 Å². The van der Waals surface area contributed by atoms with Crippen LogP contribution in [0, 0.1) is 0 Å². The van der Waals surface area contributed by atoms with E-state index in [-0.39, 0.29) is 12.0 Å². The van der Waals surface area contributed by atoms with Crippen molar-refractivity contribution in [2.75, 3.05) is 0 Å². The number of fused-ring (bicyclic) bond motifs is 1. The van der Waals surface area contributed by atoms with Gasteiger partial charge in [0.15, 0.2) is 11.5 Å². The second-order valence-corrected chi connectivity index (χ2v) is 5.44. The van der Waals surface area contributed by atoms with Gasteiger partial charge in [-0.05, 0) is 41.4 Å². The van der Waals surface area contributed by atoms with Gasteiger partial charge >= 0.3 is 0 Å². The van der Waals surface area contributed by atoms with Crippen LogP contribution >= 0.6 is 11.3 Å². The first-order valence-electron chi connectivity index (χ1n) is 6.45. The van der Waals surface area contributed by atoms with E-state index in [0.717, 1.165) is 5.56 Å². The molecule has 104 valence electrons. The fourth-order valence-corrected chi connectivity index (χ4v) is 2.76. The van der Waals surface area contributed by atoms with Crippen LogP contribution in [0.2, 0.25) is 0 Å². The van der Waals surface area contributed by atoms with Gasteiger partial charge in [-0.25, -0.2) is 0 Å². The van der Waals surface area contributed by atoms with E-state index in [2.05, 4.69) is 5.32 Å². The lowest BCUT2D eigenvalue weighted by Gasteiger charge is -2.30. The largest absolute Gasteiger partial charge is 0.482 e. The number of nitrogens with one attached hydrogen (secondary N) is 1. The SMILES string of the molecule is C[C@H]1Oc2ccccc2O[C@@H]1C(=O)NCc1ccsc1. The first kappa shape index (κ1) is 13.0. The maximum atomic E-state index is 12.2. The highest BCUT2D eigenvalue weighted by molar-refractivity contribution is 7.07. The minimum atomic E-state index is -0.622. The monoisotopic (exact) mass is 289 g/mol. The van der Waals surface area contributed by atoms with Gasteiger partial charge in [0.05, 0.1) is 0 Å². The van der Waals surface area contributed by atoms with Gasteiger partial charge in [0.2, 0.25) is 6.10 Å². The molecule has 0 fully saturated rings. The molecule has 1 N–H and O–H groups in total. The Bertz CT molecular complexity index is 597. The Labute approximate surface area is 121 Å². The van der Waals surface area contributed by atoms with Crippen molar-refractivity contribution >= 4 is 17.2 Å². The van der Waals surface area contributed by atoms with Crippen molar-refractivity contribution in [3.63, 3.8) is 0 Å². The summed E-state index contributed by atoms with van der Waals surface area (Å²) in [5.74, 6) is 1.14. The number of ether oxygens (including phenoxy) is 2. The molecule has 1 aliphatic rings. The standard InChI is InChI=1S/C15H15NO3S/c1-10-14(15(17)16-8-11-6-7-20-9-11)19-13-5-3-2-4-12(13)18-10/h2-7,9-10,14H,8H2,1H3,(H,16,17)/t10-,14+/m1/s1. The fourth-order valence-electron chi connectivity index (χ4n) is 2.09. The molecule has 0 aliphatic carbocycles. The topological polar surface area (TPSA) is 47.6 Å². The molecule has 4 nitrogen and oxygen atoms in total. The lowest BCUT2D eigenvalue weighted by molar-refractivity contribution is -0.133. The Hall–Kier alpha value is -2.01. The number of carbonyl (C=O) groups is 1. The van der Waals surface area contributed by atoms with Crippen LogP contribution in [0.3, 0.4) is 0 Å². The summed E-state index contributed by atoms with van der Waals surface area (Å²) in [6, 6.07) is 9.37. The highest BCUT2D eigenvalue weighted by Gasteiger charge is 2.33. The third-order valence-corrected chi connectivity index (χ3v) is 3.88. The molecule has 1 aromatic carbocycles. The van der Waals surface area contributed by atoms with Crippen LogP contribution < -0.4 is 14.8 Å². The zero-order valence-electron chi connectivity index (χ0n) is 11.0. The summed E-state index contributed by atoms with van der Waals surface area (Å²) in [6.45, 7) is 2.35. The summed E-state index contributed by atoms with van der Waals surface area (Å²) >= 11 is 1.61. The van der Waals surface area contributed by atoms with Gasteiger partial charge in [0.1, 0.15) is 6.10 Å². The lowest BCUT2D eigenvalue weighted by Crippen LogP contribution is -2.48. The van der Waals surface area contributed by atoms with Gasteiger partial charge in [0, 0.05) is 6.54 Å². The summed E-state index contributed by atoms with van der Waals surface area (Å²) < 4.78 is 11.5. The predicted octanol–water partition coefficient (Wildman–Crippen LogP) is 2.59. The number of hydrogen-bond acceptors (Lipinski definition) is 4. The molecule has 1 aliphatic heterocycles. The molecule has 1 amide bonds. The normalized spacial score (nSPS) is 20.4. The Morgan fingerprint density at radius 2 is 2.00 bits per heavy atom. The van der Waals surface area contributed by atoms with Crippen LogP contribution in [0.5, 0.6) is 11.5 Å². The molecule has 0 radical (unpaired) electrons. The van der Waals surface area contributed by atoms with Crippen molar-refractivity contribution < 1.29 is 14.3 Å². The first-order chi connectivity index (χ1) is 9.74. The average Bonchev–Trinajstić information content (AvgIpc) is 2.97. The lowest BCUT2D eigenvalue weighted by atomic mass is 10.1. The molecule has 0 saturated carbocycles. The Kier molecular flexibility index (Phi) is 3.60. The number of rotatable bonds is 3. The van der Waals surface area contributed by atoms with Crippen LogP contribution in [-0.2, 0) is 11.3 Å². The molecule has 3 rings (SSSR count). The van der Waals surface area contributed by atoms with Gasteiger partial charge < -0.3 is 14.8 Å². The summed E-state index contributed by atoms with van der Waals surface area (Å²) in [5, 5.41) is 6.88. The summed E-state index contributed by atoms with van der Waals surface area (Å²) in [7, 11) is 0. The predicted molar refractivity (Wildman–Crippen MR) is 77.1 cm³/mol. The highest BCUT2D eigenvalue weighted by Crippen LogP contribution is 2.33. The molecule has 5 heteroatoms. The number of carbonyl (C=O) groups excluding carboxylic acids is 1. The zero-order chi connectivity index (χ0) is 13.9. The number of benzene rings is 1. The molecule has 2 atom stereocenters. The molecular formula is C15H15NO3S. The van der Waals surface area contributed by atoms with Crippen molar-refractivity contribution in [1.29, 1.82) is 0 Å². The van der Waals surface area contributed by atoms with Crippen molar-refractivity contribution in [2.24, 2.45) is 0 Å². The minimum absolute atomic E-state index is 0.154. The maximum absolute atomic E-state index is 12.2. The van der Waals surface area contributed by atoms with E-state index in [4.69, 9.17) is 9.47 Å². The molecule has 0 saturated heterocycles. The van der Waals surface area contributed by atoms with Crippen LogP contribution in [0.4, 0.5) is 0 Å². The van der Waals surface area contributed by atoms with Crippen molar-refractivity contribution in [2.45, 2.75) is 25.7 Å². The molecule has 0 unspecified atom stereocenters. The smallest absolute Gasteiger partial charge is 0.265 e. The molecule has 2 heterocycles. The minimum Gasteiger partial charge on any atom is -0.482 e. The quantitative estimate of drug-likeness (QED) is 0.945. The molecule has 1 aromatic heterocycles. The number of para-hydroxylation sites is 2. The zero-order valence-corrected chi connectivity index (χ0v) is 11.9. The van der Waals surface area contributed by atoms with E-state index in [9.17, 15) is 4.79 Å². The summed E-state index contributed by atoms with van der Waals surface area (Å²) in [4.78, 5) is 12.2. The van der Waals surface area contributed by atoms with Gasteiger partial charge in [-0.2, -0.15) is 11.3 Å². The average molecular weight is 289 g/mol. The van der Waals surface area contributed by atoms with Gasteiger partial charge in [-0.3, -0.25) is 4.79 Å². The number of thiophene rings is 1. The highest BCUT2D eigenvalue weighted by atomic mass is 32.1. The second-order valence-electron chi connectivity index (χ2n) is 4.66. The number of hydrogen-bond donors (Lipinski definition) is 1. The second kappa shape index (κ2) is 5.54. The molecule has 2 aromatic rings. The molecular weight excluding hydrogens is 274 g/mol. The van der Waals surface area contributed by atoms with Crippen molar-refractivity contribution in [3.05, 3.63) is 46.7 Å². The summed E-state index contributed by atoms with van der Waals surface area (Å²) in [5.41, 5.74) is 1.09. The molecule has 20 heavy (non-hydrogen) atoms. The third kappa shape index (κ3) is 2.63. The Morgan fingerprint density at radius 1 is 1.25 bits per heavy atom. The van der Waals surface area contributed by atoms with E-state index in [1.54, 1.807) is 17.4 Å². The van der Waals surface area contributed by atoms with Crippen LogP contribution in [-0.4, -0.2) is 18.1 Å². The van der Waals surface area contributed by atoms with Crippen molar-refractivity contribution in [1.82, 2.24) is 5.32 Å². The van der Waals surface area contributed by atoms with Crippen molar-refractivity contribution in [3.8, 4) is 11.5 Å². The molecule has 0 bridgehead atoms. The van der Waals surface area contributed by atoms with Crippen LogP contribution in [0.15, 0.2) is 41.1 Å². The van der Waals surface area contributed by atoms with Gasteiger partial charge in [-0.1, -0.05) is 12.1 Å². The Balaban J connectivity index is 1.66. The fraction of sp³-hybridized carbons (Fsp3) is 0.267. The maximum Gasteiger partial charge on any atom is 0.265 e. The van der Waals surface area contributed by atoms with E-state index in [1.807, 2.05) is 41.9 Å². The third-order valence-electron chi connectivity index (χ3n) is 3.15. The Morgan fingerprint density at radius 3 is 2.70 bits per heavy atom. The van der Waals surface area contributed by atoms with E-state index >= 15 is 0 Å². The van der Waals surface area contributed by atoms with Crippen LogP contribution in [0.25, 0.3) is 0 Å². The van der Waals surface area contributed by atoms with Gasteiger partial charge in [0.25, 0.3) is 5.91 Å². The van der Waals surface area contributed by atoms with E-state index in [1.165, 1.54) is 0 Å². The number of amides is 1. The van der Waals surface area contributed by atoms with E-state index < -0.39 is 6.10 Å².